The summed E-state index contributed by atoms with van der Waals surface area (Å²) < 4.78 is 11.0. The third kappa shape index (κ3) is 6.22. The van der Waals surface area contributed by atoms with E-state index in [2.05, 4.69) is 25.6 Å². The zero-order valence-corrected chi connectivity index (χ0v) is 20.8. The molecule has 2 heterocycles. The van der Waals surface area contributed by atoms with Crippen molar-refractivity contribution in [2.45, 2.75) is 26.9 Å². The Morgan fingerprint density at radius 1 is 1.06 bits per heavy atom. The van der Waals surface area contributed by atoms with Gasteiger partial charge in [-0.05, 0) is 74.4 Å². The smallest absolute Gasteiger partial charge is 0.249 e. The number of anilines is 2. The Balaban J connectivity index is 1.48. The van der Waals surface area contributed by atoms with E-state index in [-0.39, 0.29) is 5.91 Å². The lowest BCUT2D eigenvalue weighted by molar-refractivity contribution is -0.129. The molecule has 1 unspecified atom stereocenters. The van der Waals surface area contributed by atoms with Crippen LogP contribution in [0.15, 0.2) is 67.1 Å². The van der Waals surface area contributed by atoms with Crippen molar-refractivity contribution in [3.05, 3.63) is 84.0 Å². The summed E-state index contributed by atoms with van der Waals surface area (Å²) in [5.74, 6) is 2.01. The number of ether oxygens (including phenoxy) is 2. The van der Waals surface area contributed by atoms with Crippen molar-refractivity contribution < 1.29 is 14.3 Å². The lowest BCUT2D eigenvalue weighted by Crippen LogP contribution is -2.33. The van der Waals surface area contributed by atoms with Gasteiger partial charge in [0.05, 0.1) is 11.7 Å². The van der Waals surface area contributed by atoms with E-state index in [0.29, 0.717) is 18.1 Å². The number of amides is 1. The van der Waals surface area contributed by atoms with Crippen molar-refractivity contribution in [1.82, 2.24) is 20.3 Å². The standard InChI is InChI=1S/C28H29N5O3/c1-18-14-22(9-12-26(18)36-23-10-7-19(2)30-16-23)33-27-24-15-21(8-11-25(24)31-17-32-27)6-5-13-29-28(34)20(3)35-4/h5-12,14-17,20H,13H2,1-4H3,(H,29,34)(H,31,32,33)/b6-5+. The van der Waals surface area contributed by atoms with Crippen LogP contribution in [0.1, 0.15) is 23.7 Å². The van der Waals surface area contributed by atoms with Crippen LogP contribution in [-0.4, -0.2) is 40.6 Å². The highest BCUT2D eigenvalue weighted by atomic mass is 16.5. The maximum absolute atomic E-state index is 11.8. The number of nitrogens with one attached hydrogen (secondary N) is 2. The largest absolute Gasteiger partial charge is 0.455 e. The molecule has 0 aliphatic rings. The highest BCUT2D eigenvalue weighted by Crippen LogP contribution is 2.30. The minimum atomic E-state index is -0.478. The molecule has 0 spiro atoms. The second-order valence-corrected chi connectivity index (χ2v) is 8.37. The Kier molecular flexibility index (Phi) is 7.87. The maximum Gasteiger partial charge on any atom is 0.249 e. The van der Waals surface area contributed by atoms with Gasteiger partial charge in [-0.3, -0.25) is 9.78 Å². The quantitative estimate of drug-likeness (QED) is 0.331. The Bertz CT molecular complexity index is 1390. The van der Waals surface area contributed by atoms with Crippen molar-refractivity contribution in [1.29, 1.82) is 0 Å². The van der Waals surface area contributed by atoms with Crippen LogP contribution in [0.5, 0.6) is 11.5 Å². The summed E-state index contributed by atoms with van der Waals surface area (Å²) in [6, 6.07) is 15.7. The fourth-order valence-corrected chi connectivity index (χ4v) is 3.50. The maximum atomic E-state index is 11.8. The summed E-state index contributed by atoms with van der Waals surface area (Å²) in [6.45, 7) is 6.05. The number of benzene rings is 2. The first-order valence-electron chi connectivity index (χ1n) is 11.6. The van der Waals surface area contributed by atoms with Crippen molar-refractivity contribution in [3.8, 4) is 11.5 Å². The van der Waals surface area contributed by atoms with Gasteiger partial charge < -0.3 is 20.1 Å². The van der Waals surface area contributed by atoms with E-state index in [1.165, 1.54) is 7.11 Å². The molecule has 1 atom stereocenters. The van der Waals surface area contributed by atoms with Gasteiger partial charge in [0.1, 0.15) is 29.7 Å². The molecular weight excluding hydrogens is 454 g/mol. The molecule has 0 bridgehead atoms. The zero-order valence-electron chi connectivity index (χ0n) is 20.8. The summed E-state index contributed by atoms with van der Waals surface area (Å²) >= 11 is 0. The highest BCUT2D eigenvalue weighted by molar-refractivity contribution is 5.92. The molecule has 0 aliphatic carbocycles. The zero-order chi connectivity index (χ0) is 25.5. The van der Waals surface area contributed by atoms with Gasteiger partial charge in [-0.2, -0.15) is 0 Å². The average Bonchev–Trinajstić information content (AvgIpc) is 2.89. The van der Waals surface area contributed by atoms with Crippen LogP contribution in [0.25, 0.3) is 17.0 Å². The Labute approximate surface area is 210 Å². The molecule has 8 heteroatoms. The van der Waals surface area contributed by atoms with Gasteiger partial charge in [-0.25, -0.2) is 9.97 Å². The van der Waals surface area contributed by atoms with E-state index < -0.39 is 6.10 Å². The molecule has 0 saturated carbocycles. The minimum absolute atomic E-state index is 0.150. The molecule has 0 saturated heterocycles. The topological polar surface area (TPSA) is 98.3 Å². The number of pyridine rings is 1. The van der Waals surface area contributed by atoms with E-state index in [0.717, 1.165) is 39.2 Å². The number of carbonyl (C=O) groups is 1. The summed E-state index contributed by atoms with van der Waals surface area (Å²) in [5.41, 5.74) is 4.61. The van der Waals surface area contributed by atoms with Gasteiger partial charge in [-0.1, -0.05) is 18.2 Å². The highest BCUT2D eigenvalue weighted by Gasteiger charge is 2.10. The van der Waals surface area contributed by atoms with Crippen LogP contribution in [-0.2, 0) is 9.53 Å². The van der Waals surface area contributed by atoms with Gasteiger partial charge >= 0.3 is 0 Å². The molecule has 36 heavy (non-hydrogen) atoms. The van der Waals surface area contributed by atoms with E-state index >= 15 is 0 Å². The van der Waals surface area contributed by atoms with Crippen molar-refractivity contribution in [2.75, 3.05) is 19.0 Å². The fraction of sp³-hybridized carbons (Fsp3) is 0.214. The van der Waals surface area contributed by atoms with E-state index in [9.17, 15) is 4.79 Å². The average molecular weight is 484 g/mol. The van der Waals surface area contributed by atoms with Gasteiger partial charge in [0.25, 0.3) is 0 Å². The molecule has 2 N–H and O–H groups in total. The van der Waals surface area contributed by atoms with Crippen molar-refractivity contribution in [3.63, 3.8) is 0 Å². The first kappa shape index (κ1) is 24.8. The lowest BCUT2D eigenvalue weighted by atomic mass is 10.1. The first-order valence-corrected chi connectivity index (χ1v) is 11.6. The fourth-order valence-electron chi connectivity index (χ4n) is 3.50. The number of carbonyl (C=O) groups excluding carboxylic acids is 1. The second kappa shape index (κ2) is 11.4. The van der Waals surface area contributed by atoms with Gasteiger partial charge in [-0.15, -0.1) is 0 Å². The van der Waals surface area contributed by atoms with Crippen LogP contribution < -0.4 is 15.4 Å². The molecule has 4 rings (SSSR count). The number of aryl methyl sites for hydroxylation is 2. The normalized spacial score (nSPS) is 12.0. The minimum Gasteiger partial charge on any atom is -0.455 e. The number of aromatic nitrogens is 3. The van der Waals surface area contributed by atoms with E-state index in [1.807, 2.05) is 74.5 Å². The van der Waals surface area contributed by atoms with Gasteiger partial charge in [0.2, 0.25) is 5.91 Å². The first-order chi connectivity index (χ1) is 17.4. The van der Waals surface area contributed by atoms with E-state index in [4.69, 9.17) is 9.47 Å². The lowest BCUT2D eigenvalue weighted by Gasteiger charge is -2.12. The summed E-state index contributed by atoms with van der Waals surface area (Å²) in [5, 5.41) is 7.10. The molecule has 0 fully saturated rings. The van der Waals surface area contributed by atoms with Crippen LogP contribution in [0.2, 0.25) is 0 Å². The number of hydrogen-bond acceptors (Lipinski definition) is 7. The van der Waals surface area contributed by atoms with Crippen LogP contribution in [0, 0.1) is 13.8 Å². The predicted molar refractivity (Wildman–Crippen MR) is 142 cm³/mol. The van der Waals surface area contributed by atoms with Crippen molar-refractivity contribution >= 4 is 34.4 Å². The third-order valence-electron chi connectivity index (χ3n) is 5.64. The van der Waals surface area contributed by atoms with Gasteiger partial charge in [0.15, 0.2) is 0 Å². The third-order valence-corrected chi connectivity index (χ3v) is 5.64. The van der Waals surface area contributed by atoms with Gasteiger partial charge in [0, 0.05) is 30.4 Å². The summed E-state index contributed by atoms with van der Waals surface area (Å²) in [6.07, 6.45) is 6.62. The molecule has 4 aromatic rings. The number of rotatable bonds is 9. The number of nitrogens with zero attached hydrogens (tertiary/aromatic N) is 3. The molecule has 2 aromatic heterocycles. The van der Waals surface area contributed by atoms with Crippen LogP contribution in [0.3, 0.4) is 0 Å². The summed E-state index contributed by atoms with van der Waals surface area (Å²) in [4.78, 5) is 24.9. The Hall–Kier alpha value is -4.30. The molecule has 8 nitrogen and oxygen atoms in total. The number of hydrogen-bond donors (Lipinski definition) is 2. The van der Waals surface area contributed by atoms with Crippen LogP contribution >= 0.6 is 0 Å². The Morgan fingerprint density at radius 3 is 2.67 bits per heavy atom. The molecule has 184 valence electrons. The number of fused-ring (bicyclic) bond motifs is 1. The monoisotopic (exact) mass is 483 g/mol. The van der Waals surface area contributed by atoms with E-state index in [1.54, 1.807) is 19.4 Å². The molecule has 0 radical (unpaired) electrons. The molecular formula is C28H29N5O3. The molecule has 0 aliphatic heterocycles. The van der Waals surface area contributed by atoms with Crippen LogP contribution in [0.4, 0.5) is 11.5 Å². The number of methoxy groups -OCH3 is 1. The van der Waals surface area contributed by atoms with Crippen molar-refractivity contribution in [2.24, 2.45) is 0 Å². The Morgan fingerprint density at radius 2 is 1.92 bits per heavy atom. The predicted octanol–water partition coefficient (Wildman–Crippen LogP) is 5.34. The molecule has 1 amide bonds. The summed E-state index contributed by atoms with van der Waals surface area (Å²) in [7, 11) is 1.51. The molecule has 2 aromatic carbocycles. The SMILES string of the molecule is COC(C)C(=O)NC/C=C/c1ccc2ncnc(Nc3ccc(Oc4ccc(C)nc4)c(C)c3)c2c1. The second-order valence-electron chi connectivity index (χ2n) is 8.37.